The van der Waals surface area contributed by atoms with E-state index in [1.165, 1.54) is 18.2 Å². The van der Waals surface area contributed by atoms with Gasteiger partial charge in [0.25, 0.3) is 0 Å². The van der Waals surface area contributed by atoms with Gasteiger partial charge < -0.3 is 9.84 Å². The molecule has 0 aliphatic carbocycles. The van der Waals surface area contributed by atoms with E-state index in [0.29, 0.717) is 36.2 Å². The number of carbonyl (C=O) groups is 1. The number of aliphatic hydroxyl groups excluding tert-OH is 1. The van der Waals surface area contributed by atoms with Gasteiger partial charge in [0, 0.05) is 24.7 Å². The van der Waals surface area contributed by atoms with Crippen LogP contribution in [-0.4, -0.2) is 47.6 Å². The minimum Gasteiger partial charge on any atom is -0.489 e. The quantitative estimate of drug-likeness (QED) is 0.844. The Labute approximate surface area is 123 Å². The number of aliphatic hydroxyl groups is 1. The Kier molecular flexibility index (Phi) is 4.22. The third kappa shape index (κ3) is 2.94. The SMILES string of the molecule is O=Cc1ccc(F)cc1O[C@H]1C[C@H]2CC[C@@H](C1)N2CCO. The number of fused-ring (bicyclic) bond motifs is 2. The first-order chi connectivity index (χ1) is 10.2. The molecule has 3 atom stereocenters. The van der Waals surface area contributed by atoms with Crippen LogP contribution in [0.15, 0.2) is 18.2 Å². The lowest BCUT2D eigenvalue weighted by Crippen LogP contribution is -2.47. The Balaban J connectivity index is 1.70. The molecule has 2 saturated heterocycles. The van der Waals surface area contributed by atoms with Gasteiger partial charge in [-0.25, -0.2) is 4.39 Å². The van der Waals surface area contributed by atoms with Crippen LogP contribution >= 0.6 is 0 Å². The van der Waals surface area contributed by atoms with Gasteiger partial charge in [-0.05, 0) is 37.8 Å². The first-order valence-electron chi connectivity index (χ1n) is 7.49. The molecule has 2 heterocycles. The van der Waals surface area contributed by atoms with Crippen molar-refractivity contribution in [2.75, 3.05) is 13.2 Å². The molecule has 5 heteroatoms. The highest BCUT2D eigenvalue weighted by Crippen LogP contribution is 2.37. The van der Waals surface area contributed by atoms with Crippen LogP contribution in [0.25, 0.3) is 0 Å². The van der Waals surface area contributed by atoms with Crippen molar-refractivity contribution in [3.05, 3.63) is 29.6 Å². The number of ether oxygens (including phenoxy) is 1. The molecule has 2 fully saturated rings. The summed E-state index contributed by atoms with van der Waals surface area (Å²) in [7, 11) is 0. The molecule has 0 radical (unpaired) electrons. The summed E-state index contributed by atoms with van der Waals surface area (Å²) in [6, 6.07) is 4.85. The van der Waals surface area contributed by atoms with E-state index in [4.69, 9.17) is 9.84 Å². The zero-order chi connectivity index (χ0) is 14.8. The number of benzene rings is 1. The monoisotopic (exact) mass is 293 g/mol. The lowest BCUT2D eigenvalue weighted by Gasteiger charge is -2.38. The van der Waals surface area contributed by atoms with E-state index in [0.717, 1.165) is 25.7 Å². The maximum Gasteiger partial charge on any atom is 0.153 e. The second kappa shape index (κ2) is 6.12. The van der Waals surface area contributed by atoms with Crippen LogP contribution in [0.3, 0.4) is 0 Å². The van der Waals surface area contributed by atoms with Crippen LogP contribution in [0, 0.1) is 5.82 Å². The smallest absolute Gasteiger partial charge is 0.153 e. The number of halogens is 1. The number of carbonyl (C=O) groups excluding carboxylic acids is 1. The zero-order valence-electron chi connectivity index (χ0n) is 11.9. The number of hydrogen-bond donors (Lipinski definition) is 1. The molecule has 2 aliphatic rings. The molecule has 4 nitrogen and oxygen atoms in total. The Morgan fingerprint density at radius 2 is 2.05 bits per heavy atom. The molecule has 21 heavy (non-hydrogen) atoms. The van der Waals surface area contributed by atoms with E-state index >= 15 is 0 Å². The third-order valence-corrected chi connectivity index (χ3v) is 4.60. The molecule has 3 rings (SSSR count). The molecule has 0 spiro atoms. The van der Waals surface area contributed by atoms with Crippen LogP contribution in [0.2, 0.25) is 0 Å². The largest absolute Gasteiger partial charge is 0.489 e. The molecule has 2 bridgehead atoms. The molecule has 0 unspecified atom stereocenters. The highest BCUT2D eigenvalue weighted by molar-refractivity contribution is 5.79. The predicted octanol–water partition coefficient (Wildman–Crippen LogP) is 2.00. The molecule has 1 aromatic carbocycles. The van der Waals surface area contributed by atoms with Crippen molar-refractivity contribution in [1.82, 2.24) is 4.90 Å². The van der Waals surface area contributed by atoms with E-state index in [-0.39, 0.29) is 12.7 Å². The standard InChI is InChI=1S/C16H20FNO3/c17-12-2-1-11(10-20)16(7-12)21-15-8-13-3-4-14(9-15)18(13)5-6-19/h1-2,7,10,13-15,19H,3-6,8-9H2/t13-,14+,15+. The van der Waals surface area contributed by atoms with Gasteiger partial charge in [-0.15, -0.1) is 0 Å². The van der Waals surface area contributed by atoms with E-state index in [9.17, 15) is 9.18 Å². The normalized spacial score (nSPS) is 28.6. The first kappa shape index (κ1) is 14.5. The Bertz CT molecular complexity index is 508. The maximum absolute atomic E-state index is 13.3. The average molecular weight is 293 g/mol. The molecule has 114 valence electrons. The van der Waals surface area contributed by atoms with Gasteiger partial charge in [0.2, 0.25) is 0 Å². The highest BCUT2D eigenvalue weighted by Gasteiger charge is 2.41. The Morgan fingerprint density at radius 3 is 2.67 bits per heavy atom. The van der Waals surface area contributed by atoms with Gasteiger partial charge >= 0.3 is 0 Å². The van der Waals surface area contributed by atoms with Crippen molar-refractivity contribution >= 4 is 6.29 Å². The molecular weight excluding hydrogens is 273 g/mol. The van der Waals surface area contributed by atoms with Crippen molar-refractivity contribution < 1.29 is 19.0 Å². The summed E-state index contributed by atoms with van der Waals surface area (Å²) in [6.07, 6.45) is 4.68. The zero-order valence-corrected chi connectivity index (χ0v) is 11.9. The fourth-order valence-corrected chi connectivity index (χ4v) is 3.69. The van der Waals surface area contributed by atoms with E-state index in [2.05, 4.69) is 4.90 Å². The summed E-state index contributed by atoms with van der Waals surface area (Å²) < 4.78 is 19.2. The topological polar surface area (TPSA) is 49.8 Å². The average Bonchev–Trinajstić information content (AvgIpc) is 2.71. The minimum absolute atomic E-state index is 0.0120. The predicted molar refractivity (Wildman–Crippen MR) is 76.0 cm³/mol. The summed E-state index contributed by atoms with van der Waals surface area (Å²) in [5, 5.41) is 9.13. The third-order valence-electron chi connectivity index (χ3n) is 4.60. The van der Waals surface area contributed by atoms with E-state index in [1.807, 2.05) is 0 Å². The molecule has 1 aromatic rings. The summed E-state index contributed by atoms with van der Waals surface area (Å²) in [6.45, 7) is 0.888. The number of hydrogen-bond acceptors (Lipinski definition) is 4. The van der Waals surface area contributed by atoms with Crippen LogP contribution < -0.4 is 4.74 Å². The van der Waals surface area contributed by atoms with Crippen molar-refractivity contribution in [2.45, 2.75) is 43.9 Å². The molecule has 1 N–H and O–H groups in total. The number of rotatable bonds is 5. The second-order valence-corrected chi connectivity index (χ2v) is 5.86. The van der Waals surface area contributed by atoms with Crippen molar-refractivity contribution in [2.24, 2.45) is 0 Å². The second-order valence-electron chi connectivity index (χ2n) is 5.86. The van der Waals surface area contributed by atoms with Crippen LogP contribution in [0.1, 0.15) is 36.0 Å². The minimum atomic E-state index is -0.392. The Morgan fingerprint density at radius 1 is 1.33 bits per heavy atom. The van der Waals surface area contributed by atoms with Gasteiger partial charge in [-0.3, -0.25) is 9.69 Å². The summed E-state index contributed by atoms with van der Waals surface area (Å²) >= 11 is 0. The summed E-state index contributed by atoms with van der Waals surface area (Å²) in [4.78, 5) is 13.4. The van der Waals surface area contributed by atoms with Crippen LogP contribution in [-0.2, 0) is 0 Å². The van der Waals surface area contributed by atoms with Gasteiger partial charge in [0.1, 0.15) is 17.7 Å². The maximum atomic E-state index is 13.3. The lowest BCUT2D eigenvalue weighted by atomic mass is 9.99. The first-order valence-corrected chi connectivity index (χ1v) is 7.49. The molecular formula is C16H20FNO3. The van der Waals surface area contributed by atoms with Crippen molar-refractivity contribution in [3.8, 4) is 5.75 Å². The van der Waals surface area contributed by atoms with Crippen LogP contribution in [0.5, 0.6) is 5.75 Å². The Hall–Kier alpha value is -1.46. The van der Waals surface area contributed by atoms with Gasteiger partial charge in [-0.1, -0.05) is 0 Å². The van der Waals surface area contributed by atoms with Gasteiger partial charge in [-0.2, -0.15) is 0 Å². The summed E-state index contributed by atoms with van der Waals surface area (Å²) in [5.41, 5.74) is 0.390. The number of nitrogens with zero attached hydrogens (tertiary/aromatic N) is 1. The lowest BCUT2D eigenvalue weighted by molar-refractivity contribution is 0.0387. The van der Waals surface area contributed by atoms with Gasteiger partial charge in [0.05, 0.1) is 12.2 Å². The van der Waals surface area contributed by atoms with Crippen molar-refractivity contribution in [1.29, 1.82) is 0 Å². The number of aldehydes is 1. The molecule has 0 aromatic heterocycles. The van der Waals surface area contributed by atoms with E-state index in [1.54, 1.807) is 0 Å². The molecule has 2 aliphatic heterocycles. The fraction of sp³-hybridized carbons (Fsp3) is 0.562. The fourth-order valence-electron chi connectivity index (χ4n) is 3.69. The summed E-state index contributed by atoms with van der Waals surface area (Å²) in [5.74, 6) is -0.0544. The van der Waals surface area contributed by atoms with Gasteiger partial charge in [0.15, 0.2) is 6.29 Å². The molecule has 0 amide bonds. The van der Waals surface area contributed by atoms with Crippen molar-refractivity contribution in [3.63, 3.8) is 0 Å². The molecule has 0 saturated carbocycles. The van der Waals surface area contributed by atoms with Crippen LogP contribution in [0.4, 0.5) is 4.39 Å². The highest BCUT2D eigenvalue weighted by atomic mass is 19.1. The number of piperidine rings is 1. The van der Waals surface area contributed by atoms with E-state index < -0.39 is 5.82 Å².